The van der Waals surface area contributed by atoms with Crippen LogP contribution in [0.2, 0.25) is 0 Å². The molecular formula is C20H20F2N2O4. The minimum atomic E-state index is -1.12. The molecule has 0 spiro atoms. The zero-order valence-electron chi connectivity index (χ0n) is 15.4. The summed E-state index contributed by atoms with van der Waals surface area (Å²) in [5.41, 5.74) is 0.750. The van der Waals surface area contributed by atoms with Crippen molar-refractivity contribution in [3.05, 3.63) is 59.2 Å². The first-order valence-electron chi connectivity index (χ1n) is 8.77. The fourth-order valence-electron chi connectivity index (χ4n) is 2.75. The summed E-state index contributed by atoms with van der Waals surface area (Å²) < 4.78 is 36.9. The number of hydrogen-bond acceptors (Lipinski definition) is 4. The lowest BCUT2D eigenvalue weighted by atomic mass is 10.0. The number of fused-ring (bicyclic) bond motifs is 1. The second-order valence-electron chi connectivity index (χ2n) is 6.73. The molecule has 0 aliphatic carbocycles. The molecule has 1 atom stereocenters. The van der Waals surface area contributed by atoms with Crippen LogP contribution in [0.3, 0.4) is 0 Å². The molecule has 0 bridgehead atoms. The van der Waals surface area contributed by atoms with Crippen molar-refractivity contribution in [3.8, 4) is 11.5 Å². The Bertz CT molecular complexity index is 902. The first kappa shape index (κ1) is 19.6. The summed E-state index contributed by atoms with van der Waals surface area (Å²) >= 11 is 0. The molecule has 0 fully saturated rings. The fraction of sp³-hybridized carbons (Fsp3) is 0.300. The van der Waals surface area contributed by atoms with Crippen LogP contribution in [-0.4, -0.2) is 24.6 Å². The van der Waals surface area contributed by atoms with Gasteiger partial charge in [0.05, 0.1) is 0 Å². The molecule has 1 aliphatic heterocycles. The molecule has 148 valence electrons. The Balaban J connectivity index is 1.63. The van der Waals surface area contributed by atoms with Crippen molar-refractivity contribution < 1.29 is 27.8 Å². The molecule has 2 aromatic carbocycles. The Morgan fingerprint density at radius 1 is 1.04 bits per heavy atom. The molecule has 2 N–H and O–H groups in total. The van der Waals surface area contributed by atoms with Crippen molar-refractivity contribution in [2.45, 2.75) is 26.4 Å². The van der Waals surface area contributed by atoms with Crippen LogP contribution < -0.4 is 20.1 Å². The molecule has 1 heterocycles. The Morgan fingerprint density at radius 3 is 2.50 bits per heavy atom. The van der Waals surface area contributed by atoms with E-state index in [1.807, 2.05) is 0 Å². The van der Waals surface area contributed by atoms with E-state index < -0.39 is 23.6 Å². The van der Waals surface area contributed by atoms with Gasteiger partial charge in [0.1, 0.15) is 6.04 Å². The second-order valence-corrected chi connectivity index (χ2v) is 6.73. The molecule has 3 rings (SSSR count). The number of hydrogen-bond donors (Lipinski definition) is 2. The molecule has 8 heteroatoms. The molecule has 28 heavy (non-hydrogen) atoms. The lowest BCUT2D eigenvalue weighted by molar-refractivity contribution is -0.124. The Hall–Kier alpha value is -3.16. The van der Waals surface area contributed by atoms with Gasteiger partial charge in [-0.3, -0.25) is 9.59 Å². The van der Waals surface area contributed by atoms with Crippen molar-refractivity contribution in [1.82, 2.24) is 10.6 Å². The molecule has 6 nitrogen and oxygen atoms in total. The van der Waals surface area contributed by atoms with E-state index in [9.17, 15) is 18.4 Å². The normalized spacial score (nSPS) is 13.3. The van der Waals surface area contributed by atoms with Crippen molar-refractivity contribution in [1.29, 1.82) is 0 Å². The van der Waals surface area contributed by atoms with Gasteiger partial charge in [-0.05, 0) is 41.8 Å². The van der Waals surface area contributed by atoms with Gasteiger partial charge in [0.15, 0.2) is 23.1 Å². The Labute approximate surface area is 160 Å². The van der Waals surface area contributed by atoms with Crippen LogP contribution in [0.1, 0.15) is 29.8 Å². The van der Waals surface area contributed by atoms with E-state index in [0.717, 1.165) is 23.8 Å². The molecular weight excluding hydrogens is 370 g/mol. The molecule has 2 amide bonds. The highest BCUT2D eigenvalue weighted by molar-refractivity contribution is 5.97. The number of rotatable bonds is 6. The van der Waals surface area contributed by atoms with Crippen LogP contribution in [0, 0.1) is 17.6 Å². The number of carbonyl (C=O) groups excluding carboxylic acids is 2. The average Bonchev–Trinajstić information content (AvgIpc) is 3.13. The molecule has 0 saturated heterocycles. The maximum absolute atomic E-state index is 13.3. The van der Waals surface area contributed by atoms with Gasteiger partial charge in [-0.1, -0.05) is 19.9 Å². The summed E-state index contributed by atoms with van der Waals surface area (Å²) in [6, 6.07) is 7.32. The third-order valence-electron chi connectivity index (χ3n) is 4.32. The quantitative estimate of drug-likeness (QED) is 0.795. The van der Waals surface area contributed by atoms with E-state index >= 15 is 0 Å². The van der Waals surface area contributed by atoms with E-state index in [4.69, 9.17) is 9.47 Å². The van der Waals surface area contributed by atoms with E-state index in [-0.39, 0.29) is 30.7 Å². The van der Waals surface area contributed by atoms with Gasteiger partial charge in [-0.25, -0.2) is 8.78 Å². The number of benzene rings is 2. The van der Waals surface area contributed by atoms with Gasteiger partial charge >= 0.3 is 0 Å². The number of halogens is 2. The summed E-state index contributed by atoms with van der Waals surface area (Å²) in [5.74, 6) is -2.17. The summed E-state index contributed by atoms with van der Waals surface area (Å²) in [6.45, 7) is 3.95. The Kier molecular flexibility index (Phi) is 5.77. The van der Waals surface area contributed by atoms with Gasteiger partial charge in [0.25, 0.3) is 5.91 Å². The van der Waals surface area contributed by atoms with Crippen molar-refractivity contribution >= 4 is 11.8 Å². The minimum Gasteiger partial charge on any atom is -0.454 e. The van der Waals surface area contributed by atoms with E-state index in [1.54, 1.807) is 32.0 Å². The van der Waals surface area contributed by atoms with Gasteiger partial charge in [0, 0.05) is 12.1 Å². The SMILES string of the molecule is CC(C)[C@@H](NC(=O)c1ccc(F)c(F)c1)C(=O)NCc1ccc2c(c1)OCO2. The second kappa shape index (κ2) is 8.24. The lowest BCUT2D eigenvalue weighted by Crippen LogP contribution is -2.49. The largest absolute Gasteiger partial charge is 0.454 e. The summed E-state index contributed by atoms with van der Waals surface area (Å²) in [5, 5.41) is 5.34. The van der Waals surface area contributed by atoms with Crippen LogP contribution >= 0.6 is 0 Å². The third-order valence-corrected chi connectivity index (χ3v) is 4.32. The van der Waals surface area contributed by atoms with Crippen molar-refractivity contribution in [3.63, 3.8) is 0 Å². The van der Waals surface area contributed by atoms with Crippen LogP contribution in [0.5, 0.6) is 11.5 Å². The maximum Gasteiger partial charge on any atom is 0.252 e. The first-order chi connectivity index (χ1) is 13.3. The monoisotopic (exact) mass is 390 g/mol. The molecule has 0 radical (unpaired) electrons. The number of amides is 2. The smallest absolute Gasteiger partial charge is 0.252 e. The minimum absolute atomic E-state index is 0.0619. The molecule has 2 aromatic rings. The van der Waals surface area contributed by atoms with Gasteiger partial charge in [-0.2, -0.15) is 0 Å². The van der Waals surface area contributed by atoms with Gasteiger partial charge in [0.2, 0.25) is 12.7 Å². The highest BCUT2D eigenvalue weighted by atomic mass is 19.2. The molecule has 0 saturated carbocycles. The fourth-order valence-corrected chi connectivity index (χ4v) is 2.75. The molecule has 0 unspecified atom stereocenters. The first-order valence-corrected chi connectivity index (χ1v) is 8.77. The standard InChI is InChI=1S/C20H20F2N2O4/c1-11(2)18(24-19(25)13-4-5-14(21)15(22)8-13)20(26)23-9-12-3-6-16-17(7-12)28-10-27-16/h3-8,11,18H,9-10H2,1-2H3,(H,23,26)(H,24,25)/t18-/m1/s1. The number of nitrogens with one attached hydrogen (secondary N) is 2. The summed E-state index contributed by atoms with van der Waals surface area (Å²) in [4.78, 5) is 24.9. The van der Waals surface area contributed by atoms with Gasteiger partial charge in [-0.15, -0.1) is 0 Å². The predicted octanol–water partition coefficient (Wildman–Crippen LogP) is 2.76. The van der Waals surface area contributed by atoms with Crippen molar-refractivity contribution in [2.24, 2.45) is 5.92 Å². The van der Waals surface area contributed by atoms with Gasteiger partial charge < -0.3 is 20.1 Å². The molecule has 1 aliphatic rings. The predicted molar refractivity (Wildman–Crippen MR) is 96.9 cm³/mol. The maximum atomic E-state index is 13.3. The number of carbonyl (C=O) groups is 2. The molecule has 0 aromatic heterocycles. The topological polar surface area (TPSA) is 76.7 Å². The summed E-state index contributed by atoms with van der Waals surface area (Å²) in [6.07, 6.45) is 0. The van der Waals surface area contributed by atoms with Crippen LogP contribution in [-0.2, 0) is 11.3 Å². The highest BCUT2D eigenvalue weighted by Crippen LogP contribution is 2.32. The van der Waals surface area contributed by atoms with Crippen LogP contribution in [0.25, 0.3) is 0 Å². The van der Waals surface area contributed by atoms with Crippen LogP contribution in [0.15, 0.2) is 36.4 Å². The van der Waals surface area contributed by atoms with Crippen molar-refractivity contribution in [2.75, 3.05) is 6.79 Å². The zero-order chi connectivity index (χ0) is 20.3. The van der Waals surface area contributed by atoms with E-state index in [1.165, 1.54) is 0 Å². The lowest BCUT2D eigenvalue weighted by Gasteiger charge is -2.22. The highest BCUT2D eigenvalue weighted by Gasteiger charge is 2.25. The van der Waals surface area contributed by atoms with E-state index in [0.29, 0.717) is 11.5 Å². The average molecular weight is 390 g/mol. The third kappa shape index (κ3) is 4.39. The number of ether oxygens (including phenoxy) is 2. The summed E-state index contributed by atoms with van der Waals surface area (Å²) in [7, 11) is 0. The van der Waals surface area contributed by atoms with Crippen LogP contribution in [0.4, 0.5) is 8.78 Å². The van der Waals surface area contributed by atoms with E-state index in [2.05, 4.69) is 10.6 Å². The zero-order valence-corrected chi connectivity index (χ0v) is 15.4. The Morgan fingerprint density at radius 2 is 1.79 bits per heavy atom.